The number of rotatable bonds is 3. The summed E-state index contributed by atoms with van der Waals surface area (Å²) >= 11 is 3.17. The predicted octanol–water partition coefficient (Wildman–Crippen LogP) is 1.65. The molecule has 0 aliphatic rings. The molecule has 0 unspecified atom stereocenters. The molecule has 2 rings (SSSR count). The largest absolute Gasteiger partial charge is 0.351 e. The lowest BCUT2D eigenvalue weighted by Crippen LogP contribution is -2.14. The summed E-state index contributed by atoms with van der Waals surface area (Å²) in [6, 6.07) is 4.02. The summed E-state index contributed by atoms with van der Waals surface area (Å²) in [5.41, 5.74) is 0.984. The van der Waals surface area contributed by atoms with Crippen LogP contribution in [0, 0.1) is 6.92 Å². The molecule has 1 aromatic carbocycles. The molecule has 0 fully saturated rings. The van der Waals surface area contributed by atoms with Gasteiger partial charge in [-0.25, -0.2) is 13.6 Å². The number of carbonyl (C=O) groups excluding carboxylic acids is 1. The number of primary sulfonamides is 1. The van der Waals surface area contributed by atoms with E-state index in [0.717, 1.165) is 0 Å². The molecule has 9 heteroatoms. The van der Waals surface area contributed by atoms with Gasteiger partial charge in [-0.3, -0.25) is 4.79 Å². The molecule has 0 saturated carbocycles. The Morgan fingerprint density at radius 3 is 2.65 bits per heavy atom. The van der Waals surface area contributed by atoms with E-state index in [-0.39, 0.29) is 10.7 Å². The molecule has 1 heterocycles. The average Bonchev–Trinajstić information content (AvgIpc) is 2.76. The Morgan fingerprint density at radius 1 is 1.45 bits per heavy atom. The highest BCUT2D eigenvalue weighted by molar-refractivity contribution is 9.10. The van der Waals surface area contributed by atoms with Crippen molar-refractivity contribution in [3.63, 3.8) is 0 Å². The van der Waals surface area contributed by atoms with Crippen LogP contribution < -0.4 is 10.5 Å². The highest BCUT2D eigenvalue weighted by atomic mass is 79.9. The first kappa shape index (κ1) is 14.7. The molecule has 0 radical (unpaired) electrons. The highest BCUT2D eigenvalue weighted by Gasteiger charge is 2.16. The molecular formula is C11H10BrN3O4S. The summed E-state index contributed by atoms with van der Waals surface area (Å²) < 4.78 is 27.6. The molecule has 0 aliphatic heterocycles. The quantitative estimate of drug-likeness (QED) is 0.864. The van der Waals surface area contributed by atoms with Gasteiger partial charge >= 0.3 is 0 Å². The number of carbonyl (C=O) groups is 1. The predicted molar refractivity (Wildman–Crippen MR) is 74.7 cm³/mol. The maximum absolute atomic E-state index is 11.9. The zero-order valence-corrected chi connectivity index (χ0v) is 12.7. The minimum absolute atomic E-state index is 0.0572. The van der Waals surface area contributed by atoms with Gasteiger partial charge in [0.2, 0.25) is 15.8 Å². The lowest BCUT2D eigenvalue weighted by Gasteiger charge is -2.07. The molecule has 2 aromatic rings. The van der Waals surface area contributed by atoms with Gasteiger partial charge in [-0.15, -0.1) is 0 Å². The number of hydrogen-bond acceptors (Lipinski definition) is 5. The Morgan fingerprint density at radius 2 is 2.15 bits per heavy atom. The van der Waals surface area contributed by atoms with Crippen molar-refractivity contribution in [3.8, 4) is 0 Å². The molecule has 0 bridgehead atoms. The number of nitrogens with zero attached hydrogens (tertiary/aromatic N) is 1. The Labute approximate surface area is 123 Å². The molecule has 20 heavy (non-hydrogen) atoms. The zero-order valence-electron chi connectivity index (χ0n) is 10.3. The number of nitrogens with one attached hydrogen (secondary N) is 1. The van der Waals surface area contributed by atoms with Crippen molar-refractivity contribution in [2.24, 2.45) is 5.14 Å². The zero-order chi connectivity index (χ0) is 14.9. The second kappa shape index (κ2) is 5.35. The van der Waals surface area contributed by atoms with Crippen molar-refractivity contribution in [1.82, 2.24) is 5.16 Å². The Balaban J connectivity index is 2.27. The van der Waals surface area contributed by atoms with Crippen LogP contribution in [0.15, 0.2) is 38.3 Å². The Kier molecular flexibility index (Phi) is 3.93. The van der Waals surface area contributed by atoms with E-state index in [1.54, 1.807) is 6.92 Å². The van der Waals surface area contributed by atoms with Gasteiger partial charge in [-0.2, -0.15) is 0 Å². The third-order valence-corrected chi connectivity index (χ3v) is 4.04. The van der Waals surface area contributed by atoms with Crippen LogP contribution in [-0.2, 0) is 10.0 Å². The van der Waals surface area contributed by atoms with Crippen LogP contribution in [0.25, 0.3) is 0 Å². The maximum Gasteiger partial charge on any atom is 0.294 e. The summed E-state index contributed by atoms with van der Waals surface area (Å²) in [5, 5.41) is 11.1. The van der Waals surface area contributed by atoms with E-state index in [9.17, 15) is 13.2 Å². The summed E-state index contributed by atoms with van der Waals surface area (Å²) in [6.45, 7) is 1.69. The number of aromatic nitrogens is 1. The monoisotopic (exact) mass is 359 g/mol. The van der Waals surface area contributed by atoms with Gasteiger partial charge in [0.25, 0.3) is 5.91 Å². The average molecular weight is 360 g/mol. The van der Waals surface area contributed by atoms with Crippen LogP contribution in [0.5, 0.6) is 0 Å². The number of nitrogens with two attached hydrogens (primary N) is 1. The smallest absolute Gasteiger partial charge is 0.294 e. The molecule has 0 atom stereocenters. The van der Waals surface area contributed by atoms with Crippen LogP contribution in [0.3, 0.4) is 0 Å². The van der Waals surface area contributed by atoms with Crippen molar-refractivity contribution in [1.29, 1.82) is 0 Å². The maximum atomic E-state index is 11.9. The van der Waals surface area contributed by atoms with Crippen molar-refractivity contribution in [3.05, 3.63) is 40.2 Å². The molecule has 106 valence electrons. The lowest BCUT2D eigenvalue weighted by atomic mass is 10.2. The first-order chi connectivity index (χ1) is 9.29. The summed E-state index contributed by atoms with van der Waals surface area (Å²) in [6.07, 6.45) is 1.42. The summed E-state index contributed by atoms with van der Waals surface area (Å²) in [4.78, 5) is 11.9. The second-order valence-corrected chi connectivity index (χ2v) is 6.39. The molecule has 1 amide bonds. The normalized spacial score (nSPS) is 11.3. The van der Waals surface area contributed by atoms with Gasteiger partial charge in [0, 0.05) is 10.0 Å². The first-order valence-electron chi connectivity index (χ1n) is 5.34. The van der Waals surface area contributed by atoms with Crippen LogP contribution in [0.4, 0.5) is 5.69 Å². The van der Waals surface area contributed by atoms with Crippen LogP contribution in [0.1, 0.15) is 16.1 Å². The molecule has 1 aromatic heterocycles. The number of benzene rings is 1. The molecule has 0 saturated heterocycles. The van der Waals surface area contributed by atoms with Crippen molar-refractivity contribution < 1.29 is 17.7 Å². The molecular weight excluding hydrogens is 350 g/mol. The third kappa shape index (κ3) is 3.06. The third-order valence-electron chi connectivity index (χ3n) is 2.47. The van der Waals surface area contributed by atoms with E-state index in [0.29, 0.717) is 15.7 Å². The van der Waals surface area contributed by atoms with E-state index in [4.69, 9.17) is 9.66 Å². The van der Waals surface area contributed by atoms with Gasteiger partial charge in [0.1, 0.15) is 0 Å². The number of hydrogen-bond donors (Lipinski definition) is 2. The van der Waals surface area contributed by atoms with E-state index < -0.39 is 15.9 Å². The standard InChI is InChI=1S/C11H10BrN3O4S/c1-6-5-14-19-10(6)11(16)15-9-3-2-7(4-8(9)12)20(13,17)18/h2-5H,1H3,(H,15,16)(H2,13,17,18). The lowest BCUT2D eigenvalue weighted by molar-refractivity contribution is 0.0987. The van der Waals surface area contributed by atoms with E-state index in [2.05, 4.69) is 26.4 Å². The van der Waals surface area contributed by atoms with Crippen molar-refractivity contribution in [2.75, 3.05) is 5.32 Å². The van der Waals surface area contributed by atoms with Crippen LogP contribution in [-0.4, -0.2) is 19.5 Å². The van der Waals surface area contributed by atoms with Gasteiger partial charge < -0.3 is 9.84 Å². The Hall–Kier alpha value is -1.71. The van der Waals surface area contributed by atoms with Gasteiger partial charge in [-0.05, 0) is 41.1 Å². The summed E-state index contributed by atoms with van der Waals surface area (Å²) in [7, 11) is -3.79. The number of halogens is 1. The first-order valence-corrected chi connectivity index (χ1v) is 7.68. The molecule has 3 N–H and O–H groups in total. The number of sulfonamides is 1. The fourth-order valence-electron chi connectivity index (χ4n) is 1.46. The van der Waals surface area contributed by atoms with Crippen LogP contribution in [0.2, 0.25) is 0 Å². The Bertz CT molecular complexity index is 770. The number of aryl methyl sites for hydroxylation is 1. The van der Waals surface area contributed by atoms with Crippen molar-refractivity contribution in [2.45, 2.75) is 11.8 Å². The van der Waals surface area contributed by atoms with Gasteiger partial charge in [0.05, 0.1) is 16.8 Å². The molecule has 0 aliphatic carbocycles. The fraction of sp³-hybridized carbons (Fsp3) is 0.0909. The van der Waals surface area contributed by atoms with Gasteiger partial charge in [-0.1, -0.05) is 5.16 Å². The number of anilines is 1. The second-order valence-electron chi connectivity index (χ2n) is 3.98. The van der Waals surface area contributed by atoms with E-state index in [1.807, 2.05) is 0 Å². The summed E-state index contributed by atoms with van der Waals surface area (Å²) in [5.74, 6) is -0.392. The number of amides is 1. The fourth-order valence-corrected chi connectivity index (χ4v) is 2.63. The minimum atomic E-state index is -3.79. The van der Waals surface area contributed by atoms with Crippen molar-refractivity contribution >= 4 is 37.5 Å². The minimum Gasteiger partial charge on any atom is -0.351 e. The molecule has 0 spiro atoms. The highest BCUT2D eigenvalue weighted by Crippen LogP contribution is 2.26. The SMILES string of the molecule is Cc1cnoc1C(=O)Nc1ccc(S(N)(=O)=O)cc1Br. The molecule has 7 nitrogen and oxygen atoms in total. The van der Waals surface area contributed by atoms with E-state index in [1.165, 1.54) is 24.4 Å². The topological polar surface area (TPSA) is 115 Å². The van der Waals surface area contributed by atoms with Gasteiger partial charge in [0.15, 0.2) is 0 Å². The van der Waals surface area contributed by atoms with Crippen LogP contribution >= 0.6 is 15.9 Å². The van der Waals surface area contributed by atoms with E-state index >= 15 is 0 Å².